The second-order valence-corrected chi connectivity index (χ2v) is 4.73. The molecule has 1 nitrogen and oxygen atoms in total. The summed E-state index contributed by atoms with van der Waals surface area (Å²) in [6.07, 6.45) is 1.10. The molecule has 1 heteroatoms. The van der Waals surface area contributed by atoms with Crippen molar-refractivity contribution >= 4 is 21.8 Å². The van der Waals surface area contributed by atoms with Gasteiger partial charge in [0.15, 0.2) is 0 Å². The molecule has 0 N–H and O–H groups in total. The summed E-state index contributed by atoms with van der Waals surface area (Å²) in [6.45, 7) is 4.43. The van der Waals surface area contributed by atoms with E-state index < -0.39 is 0 Å². The van der Waals surface area contributed by atoms with Gasteiger partial charge in [-0.2, -0.15) is 0 Å². The van der Waals surface area contributed by atoms with Gasteiger partial charge in [0.2, 0.25) is 0 Å². The van der Waals surface area contributed by atoms with Crippen LogP contribution < -0.4 is 0 Å². The molecule has 2 aromatic carbocycles. The molecule has 1 heterocycles. The molecule has 3 rings (SSSR count). The van der Waals surface area contributed by atoms with Gasteiger partial charge in [-0.05, 0) is 42.7 Å². The smallest absolute Gasteiger partial charge is 0.0491 e. The highest BCUT2D eigenvalue weighted by atomic mass is 14.9. The van der Waals surface area contributed by atoms with Crippen molar-refractivity contribution in [3.05, 3.63) is 47.5 Å². The largest absolute Gasteiger partial charge is 0.344 e. The van der Waals surface area contributed by atoms with Gasteiger partial charge in [0, 0.05) is 28.9 Å². The predicted molar refractivity (Wildman–Crippen MR) is 74.5 cm³/mol. The molecule has 86 valence electrons. The third-order valence-electron chi connectivity index (χ3n) is 3.75. The monoisotopic (exact) mass is 223 g/mol. The highest BCUT2D eigenvalue weighted by Crippen LogP contribution is 2.30. The van der Waals surface area contributed by atoms with Gasteiger partial charge in [0.1, 0.15) is 0 Å². The van der Waals surface area contributed by atoms with Crippen LogP contribution in [-0.4, -0.2) is 4.57 Å². The van der Waals surface area contributed by atoms with Crippen molar-refractivity contribution < 1.29 is 0 Å². The maximum Gasteiger partial charge on any atom is 0.0491 e. The summed E-state index contributed by atoms with van der Waals surface area (Å²) in [5.41, 5.74) is 5.50. The fourth-order valence-corrected chi connectivity index (χ4v) is 2.74. The van der Waals surface area contributed by atoms with Crippen LogP contribution in [-0.2, 0) is 13.5 Å². The Labute approximate surface area is 102 Å². The first-order valence-corrected chi connectivity index (χ1v) is 6.19. The molecule has 0 bridgehead atoms. The number of fused-ring (bicyclic) bond motifs is 3. The molecule has 0 fully saturated rings. The third-order valence-corrected chi connectivity index (χ3v) is 3.75. The molecular weight excluding hydrogens is 206 g/mol. The summed E-state index contributed by atoms with van der Waals surface area (Å²) >= 11 is 0. The van der Waals surface area contributed by atoms with Gasteiger partial charge >= 0.3 is 0 Å². The van der Waals surface area contributed by atoms with Gasteiger partial charge in [-0.25, -0.2) is 0 Å². The normalized spacial score (nSPS) is 11.5. The van der Waals surface area contributed by atoms with Crippen LogP contribution in [0.5, 0.6) is 0 Å². The molecule has 0 amide bonds. The number of aromatic nitrogens is 1. The first kappa shape index (κ1) is 10.4. The number of hydrogen-bond acceptors (Lipinski definition) is 0. The molecule has 1 aromatic heterocycles. The van der Waals surface area contributed by atoms with Gasteiger partial charge in [-0.3, -0.25) is 0 Å². The van der Waals surface area contributed by atoms with E-state index in [9.17, 15) is 0 Å². The van der Waals surface area contributed by atoms with Gasteiger partial charge in [-0.15, -0.1) is 0 Å². The van der Waals surface area contributed by atoms with Crippen molar-refractivity contribution in [2.45, 2.75) is 20.3 Å². The first-order valence-electron chi connectivity index (χ1n) is 6.19. The number of nitrogens with zero attached hydrogens (tertiary/aromatic N) is 1. The molecule has 0 unspecified atom stereocenters. The van der Waals surface area contributed by atoms with Gasteiger partial charge < -0.3 is 4.57 Å². The Bertz CT molecular complexity index is 704. The zero-order valence-corrected chi connectivity index (χ0v) is 10.6. The summed E-state index contributed by atoms with van der Waals surface area (Å²) in [5, 5.41) is 2.73. The minimum Gasteiger partial charge on any atom is -0.344 e. The van der Waals surface area contributed by atoms with E-state index in [2.05, 4.69) is 61.9 Å². The molecule has 0 aliphatic rings. The molecule has 0 aliphatic carbocycles. The Kier molecular flexibility index (Phi) is 2.22. The molecule has 0 atom stereocenters. The average molecular weight is 223 g/mol. The summed E-state index contributed by atoms with van der Waals surface area (Å²) in [6, 6.07) is 13.3. The SMILES string of the molecule is CCc1cc2c(cc1C)c1ccccc1n2C. The third kappa shape index (κ3) is 1.39. The van der Waals surface area contributed by atoms with Gasteiger partial charge in [0.25, 0.3) is 0 Å². The lowest BCUT2D eigenvalue weighted by Gasteiger charge is -2.04. The summed E-state index contributed by atoms with van der Waals surface area (Å²) in [4.78, 5) is 0. The molecular formula is C16H17N. The fourth-order valence-electron chi connectivity index (χ4n) is 2.74. The van der Waals surface area contributed by atoms with E-state index in [0.29, 0.717) is 0 Å². The van der Waals surface area contributed by atoms with Crippen molar-refractivity contribution in [2.75, 3.05) is 0 Å². The van der Waals surface area contributed by atoms with Crippen molar-refractivity contribution in [1.29, 1.82) is 0 Å². The lowest BCUT2D eigenvalue weighted by molar-refractivity contribution is 1.01. The molecule has 17 heavy (non-hydrogen) atoms. The van der Waals surface area contributed by atoms with Crippen molar-refractivity contribution in [2.24, 2.45) is 7.05 Å². The number of rotatable bonds is 1. The van der Waals surface area contributed by atoms with Crippen LogP contribution in [0.15, 0.2) is 36.4 Å². The predicted octanol–water partition coefficient (Wildman–Crippen LogP) is 4.20. The van der Waals surface area contributed by atoms with Crippen molar-refractivity contribution in [3.8, 4) is 0 Å². The fraction of sp³-hybridized carbons (Fsp3) is 0.250. The maximum atomic E-state index is 2.34. The Hall–Kier alpha value is -1.76. The average Bonchev–Trinajstić information content (AvgIpc) is 2.63. The van der Waals surface area contributed by atoms with E-state index in [1.807, 2.05) is 0 Å². The quantitative estimate of drug-likeness (QED) is 0.582. The van der Waals surface area contributed by atoms with E-state index in [4.69, 9.17) is 0 Å². The summed E-state index contributed by atoms with van der Waals surface area (Å²) in [7, 11) is 2.15. The highest BCUT2D eigenvalue weighted by molar-refractivity contribution is 6.08. The summed E-state index contributed by atoms with van der Waals surface area (Å²) in [5.74, 6) is 0. The van der Waals surface area contributed by atoms with Crippen LogP contribution in [0.25, 0.3) is 21.8 Å². The Balaban J connectivity index is 2.53. The summed E-state index contributed by atoms with van der Waals surface area (Å²) < 4.78 is 2.29. The molecule has 0 saturated carbocycles. The van der Waals surface area contributed by atoms with Crippen molar-refractivity contribution in [1.82, 2.24) is 4.57 Å². The molecule has 3 aromatic rings. The lowest BCUT2D eigenvalue weighted by Crippen LogP contribution is -1.90. The van der Waals surface area contributed by atoms with Crippen LogP contribution in [0.1, 0.15) is 18.1 Å². The maximum absolute atomic E-state index is 2.34. The van der Waals surface area contributed by atoms with Crippen LogP contribution in [0.3, 0.4) is 0 Å². The molecule has 0 saturated heterocycles. The number of hydrogen-bond donors (Lipinski definition) is 0. The van der Waals surface area contributed by atoms with E-state index >= 15 is 0 Å². The van der Waals surface area contributed by atoms with Crippen LogP contribution in [0.4, 0.5) is 0 Å². The zero-order valence-electron chi connectivity index (χ0n) is 10.6. The topological polar surface area (TPSA) is 4.93 Å². The second kappa shape index (κ2) is 3.63. The molecule has 0 radical (unpaired) electrons. The van der Waals surface area contributed by atoms with E-state index in [1.165, 1.54) is 32.9 Å². The minimum atomic E-state index is 1.10. The van der Waals surface area contributed by atoms with Gasteiger partial charge in [-0.1, -0.05) is 25.1 Å². The Morgan fingerprint density at radius 2 is 1.76 bits per heavy atom. The van der Waals surface area contributed by atoms with E-state index in [1.54, 1.807) is 0 Å². The molecule has 0 spiro atoms. The number of para-hydroxylation sites is 1. The molecule has 0 aliphatic heterocycles. The minimum absolute atomic E-state index is 1.10. The van der Waals surface area contributed by atoms with Crippen LogP contribution in [0, 0.1) is 6.92 Å². The second-order valence-electron chi connectivity index (χ2n) is 4.73. The number of aryl methyl sites for hydroxylation is 3. The number of benzene rings is 2. The highest BCUT2D eigenvalue weighted by Gasteiger charge is 2.09. The van der Waals surface area contributed by atoms with Crippen LogP contribution >= 0.6 is 0 Å². The first-order chi connectivity index (χ1) is 8.22. The van der Waals surface area contributed by atoms with E-state index in [0.717, 1.165) is 6.42 Å². The van der Waals surface area contributed by atoms with E-state index in [-0.39, 0.29) is 0 Å². The van der Waals surface area contributed by atoms with Crippen molar-refractivity contribution in [3.63, 3.8) is 0 Å². The van der Waals surface area contributed by atoms with Crippen LogP contribution in [0.2, 0.25) is 0 Å². The Morgan fingerprint density at radius 3 is 2.53 bits per heavy atom. The van der Waals surface area contributed by atoms with Gasteiger partial charge in [0.05, 0.1) is 0 Å². The zero-order chi connectivity index (χ0) is 12.0. The standard InChI is InChI=1S/C16H17N/c1-4-12-10-16-14(9-11(12)2)13-7-5-6-8-15(13)17(16)3/h5-10H,4H2,1-3H3. The lowest BCUT2D eigenvalue weighted by atomic mass is 10.0. The Morgan fingerprint density at radius 1 is 1.00 bits per heavy atom.